The van der Waals surface area contributed by atoms with Crippen LogP contribution in [-0.2, 0) is 16.6 Å². The van der Waals surface area contributed by atoms with Gasteiger partial charge >= 0.3 is 0 Å². The summed E-state index contributed by atoms with van der Waals surface area (Å²) >= 11 is 0. The van der Waals surface area contributed by atoms with Crippen LogP contribution >= 0.6 is 0 Å². The fourth-order valence-electron chi connectivity index (χ4n) is 2.23. The van der Waals surface area contributed by atoms with Gasteiger partial charge in [0.15, 0.2) is 0 Å². The summed E-state index contributed by atoms with van der Waals surface area (Å²) in [5.74, 6) is -0.317. The van der Waals surface area contributed by atoms with Crippen molar-refractivity contribution in [1.29, 1.82) is 0 Å². The van der Waals surface area contributed by atoms with Crippen LogP contribution in [0.4, 0.5) is 0 Å². The zero-order valence-corrected chi connectivity index (χ0v) is 11.6. The molecule has 1 heterocycles. The second kappa shape index (κ2) is 5.86. The van der Waals surface area contributed by atoms with E-state index in [1.54, 1.807) is 24.3 Å². The van der Waals surface area contributed by atoms with Gasteiger partial charge in [0, 0.05) is 24.4 Å². The van der Waals surface area contributed by atoms with Gasteiger partial charge in [-0.25, -0.2) is 8.42 Å². The minimum absolute atomic E-state index is 0.116. The number of hydrogen-bond acceptors (Lipinski definition) is 5. The molecule has 0 amide bonds. The van der Waals surface area contributed by atoms with Crippen LogP contribution in [0.15, 0.2) is 30.3 Å². The van der Waals surface area contributed by atoms with E-state index in [1.165, 1.54) is 0 Å². The Kier molecular flexibility index (Phi) is 4.36. The van der Waals surface area contributed by atoms with Crippen LogP contribution in [0, 0.1) is 10.1 Å². The molecule has 0 bridgehead atoms. The molecule has 0 radical (unpaired) electrons. The number of aliphatic hydroxyl groups excluding tert-OH is 1. The summed E-state index contributed by atoms with van der Waals surface area (Å²) in [6.07, 6.45) is -1.45. The second-order valence-corrected chi connectivity index (χ2v) is 6.89. The largest absolute Gasteiger partial charge is 0.385 e. The highest BCUT2D eigenvalue weighted by Crippen LogP contribution is 2.19. The van der Waals surface area contributed by atoms with Gasteiger partial charge in [0.2, 0.25) is 16.1 Å². The van der Waals surface area contributed by atoms with Crippen LogP contribution in [0.1, 0.15) is 12.0 Å². The summed E-state index contributed by atoms with van der Waals surface area (Å²) in [6, 6.07) is 7.71. The molecule has 2 atom stereocenters. The predicted octanol–water partition coefficient (Wildman–Crippen LogP) is 0.228. The first-order chi connectivity index (χ1) is 9.40. The normalized spacial score (nSPS) is 26.9. The molecule has 110 valence electrons. The summed E-state index contributed by atoms with van der Waals surface area (Å²) in [5, 5.41) is 20.7. The van der Waals surface area contributed by atoms with Gasteiger partial charge in [0.25, 0.3) is 0 Å². The minimum Gasteiger partial charge on any atom is -0.385 e. The van der Waals surface area contributed by atoms with E-state index in [-0.39, 0.29) is 25.3 Å². The number of nitrogens with zero attached hydrogens (tertiary/aromatic N) is 2. The molecule has 8 heteroatoms. The van der Waals surface area contributed by atoms with Crippen molar-refractivity contribution in [2.24, 2.45) is 0 Å². The smallest absolute Gasteiger partial charge is 0.240 e. The lowest BCUT2D eigenvalue weighted by atomic mass is 10.1. The van der Waals surface area contributed by atoms with E-state index < -0.39 is 27.1 Å². The lowest BCUT2D eigenvalue weighted by molar-refractivity contribution is -0.534. The molecule has 1 aliphatic heterocycles. The Morgan fingerprint density at radius 2 is 2.00 bits per heavy atom. The Balaban J connectivity index is 2.21. The van der Waals surface area contributed by atoms with Gasteiger partial charge in [-0.2, -0.15) is 4.31 Å². The average molecular weight is 300 g/mol. The van der Waals surface area contributed by atoms with E-state index in [2.05, 4.69) is 0 Å². The summed E-state index contributed by atoms with van der Waals surface area (Å²) in [6.45, 7) is -0.131. The molecule has 1 fully saturated rings. The third-order valence-electron chi connectivity index (χ3n) is 3.37. The van der Waals surface area contributed by atoms with Crippen molar-refractivity contribution in [3.63, 3.8) is 0 Å². The molecule has 20 heavy (non-hydrogen) atoms. The Morgan fingerprint density at radius 3 is 2.60 bits per heavy atom. The highest BCUT2D eigenvalue weighted by molar-refractivity contribution is 7.89. The molecular weight excluding hydrogens is 284 g/mol. The average Bonchev–Trinajstić information content (AvgIpc) is 2.48. The van der Waals surface area contributed by atoms with Crippen LogP contribution in [0.5, 0.6) is 0 Å². The van der Waals surface area contributed by atoms with Gasteiger partial charge in [0.1, 0.15) is 6.10 Å². The number of β-amino-alcohol motifs (C(OH)–C–C–N with tert-alkyl or cyclic N) is 1. The maximum atomic E-state index is 12.1. The van der Waals surface area contributed by atoms with Crippen LogP contribution in [0.25, 0.3) is 0 Å². The molecular formula is C12H16N2O5S. The summed E-state index contributed by atoms with van der Waals surface area (Å²) in [4.78, 5) is 10.2. The molecule has 1 saturated heterocycles. The van der Waals surface area contributed by atoms with Crippen LogP contribution < -0.4 is 0 Å². The number of benzene rings is 1. The van der Waals surface area contributed by atoms with E-state index in [9.17, 15) is 23.6 Å². The molecule has 2 unspecified atom stereocenters. The van der Waals surface area contributed by atoms with Crippen molar-refractivity contribution in [2.75, 3.05) is 12.3 Å². The molecule has 1 N–H and O–H groups in total. The summed E-state index contributed by atoms with van der Waals surface area (Å²) in [7, 11) is -3.59. The Bertz CT molecular complexity index is 575. The lowest BCUT2D eigenvalue weighted by Gasteiger charge is -2.21. The fourth-order valence-corrected chi connectivity index (χ4v) is 3.75. The molecule has 1 aromatic rings. The Morgan fingerprint density at radius 1 is 1.35 bits per heavy atom. The number of aliphatic hydroxyl groups is 1. The van der Waals surface area contributed by atoms with Crippen molar-refractivity contribution in [2.45, 2.75) is 25.1 Å². The molecule has 0 aliphatic carbocycles. The zero-order valence-electron chi connectivity index (χ0n) is 10.8. The van der Waals surface area contributed by atoms with Crippen molar-refractivity contribution in [3.05, 3.63) is 46.0 Å². The Labute approximate surface area is 117 Å². The van der Waals surface area contributed by atoms with E-state index in [0.29, 0.717) is 0 Å². The molecule has 0 saturated carbocycles. The third-order valence-corrected chi connectivity index (χ3v) is 5.19. The van der Waals surface area contributed by atoms with Crippen LogP contribution in [-0.4, -0.2) is 47.2 Å². The van der Waals surface area contributed by atoms with E-state index >= 15 is 0 Å². The van der Waals surface area contributed by atoms with Crippen LogP contribution in [0.3, 0.4) is 0 Å². The summed E-state index contributed by atoms with van der Waals surface area (Å²) < 4.78 is 25.3. The van der Waals surface area contributed by atoms with Gasteiger partial charge in [-0.3, -0.25) is 10.1 Å². The number of rotatable bonds is 3. The molecule has 0 aromatic heterocycles. The minimum atomic E-state index is -3.59. The van der Waals surface area contributed by atoms with Crippen molar-refractivity contribution >= 4 is 10.0 Å². The van der Waals surface area contributed by atoms with Gasteiger partial charge in [-0.1, -0.05) is 30.3 Å². The first-order valence-electron chi connectivity index (χ1n) is 6.23. The Hall–Kier alpha value is -1.51. The van der Waals surface area contributed by atoms with E-state index in [0.717, 1.165) is 9.87 Å². The second-order valence-electron chi connectivity index (χ2n) is 4.80. The highest BCUT2D eigenvalue weighted by Gasteiger charge is 2.39. The maximum Gasteiger partial charge on any atom is 0.240 e. The quantitative estimate of drug-likeness (QED) is 0.636. The molecule has 2 rings (SSSR count). The van der Waals surface area contributed by atoms with Gasteiger partial charge in [-0.05, 0) is 5.56 Å². The third kappa shape index (κ3) is 3.33. The SMILES string of the molecule is O=[N+]([O-])C1CCS(=O)(=O)N(Cc2ccccc2)CC1O. The predicted molar refractivity (Wildman–Crippen MR) is 72.0 cm³/mol. The van der Waals surface area contributed by atoms with E-state index in [4.69, 9.17) is 0 Å². The van der Waals surface area contributed by atoms with Crippen molar-refractivity contribution < 1.29 is 18.4 Å². The van der Waals surface area contributed by atoms with Crippen LogP contribution in [0.2, 0.25) is 0 Å². The van der Waals surface area contributed by atoms with Gasteiger partial charge < -0.3 is 5.11 Å². The topological polar surface area (TPSA) is 101 Å². The van der Waals surface area contributed by atoms with Gasteiger partial charge in [0.05, 0.1) is 5.75 Å². The van der Waals surface area contributed by atoms with E-state index in [1.807, 2.05) is 6.07 Å². The number of hydrogen-bond donors (Lipinski definition) is 1. The maximum absolute atomic E-state index is 12.1. The standard InChI is InChI=1S/C12H16N2O5S/c15-12-9-13(8-10-4-2-1-3-5-10)20(18,19)7-6-11(12)14(16)17/h1-5,11-12,15H,6-9H2. The lowest BCUT2D eigenvalue weighted by Crippen LogP contribution is -2.40. The molecule has 1 aliphatic rings. The first kappa shape index (κ1) is 14.9. The number of nitro groups is 1. The first-order valence-corrected chi connectivity index (χ1v) is 7.84. The zero-order chi connectivity index (χ0) is 14.8. The van der Waals surface area contributed by atoms with Crippen molar-refractivity contribution in [1.82, 2.24) is 4.31 Å². The van der Waals surface area contributed by atoms with Crippen molar-refractivity contribution in [3.8, 4) is 0 Å². The highest BCUT2D eigenvalue weighted by atomic mass is 32.2. The molecule has 7 nitrogen and oxygen atoms in total. The monoisotopic (exact) mass is 300 g/mol. The van der Waals surface area contributed by atoms with Gasteiger partial charge in [-0.15, -0.1) is 0 Å². The molecule has 0 spiro atoms. The molecule has 1 aromatic carbocycles. The summed E-state index contributed by atoms with van der Waals surface area (Å²) in [5.41, 5.74) is 0.780. The number of sulfonamides is 1. The fraction of sp³-hybridized carbons (Fsp3) is 0.500.